The predicted molar refractivity (Wildman–Crippen MR) is 69.2 cm³/mol. The number of pyridine rings is 1. The van der Waals surface area contributed by atoms with Crippen molar-refractivity contribution in [3.05, 3.63) is 53.0 Å². The van der Waals surface area contributed by atoms with Crippen molar-refractivity contribution in [2.45, 2.75) is 0 Å². The molecule has 2 rings (SSSR count). The molecule has 0 saturated carbocycles. The molecular weight excluding hydrogens is 252 g/mol. The molecule has 0 saturated heterocycles. The zero-order valence-corrected chi connectivity index (χ0v) is 9.59. The summed E-state index contributed by atoms with van der Waals surface area (Å²) in [6.45, 7) is 0. The van der Waals surface area contributed by atoms with Crippen molar-refractivity contribution in [3.63, 3.8) is 0 Å². The molecule has 1 aromatic heterocycles. The lowest BCUT2D eigenvalue weighted by atomic mass is 10.2. The van der Waals surface area contributed by atoms with Gasteiger partial charge in [-0.25, -0.2) is 4.98 Å². The predicted octanol–water partition coefficient (Wildman–Crippen LogP) is 2.21. The van der Waals surface area contributed by atoms with Gasteiger partial charge in [0, 0.05) is 11.9 Å². The Morgan fingerprint density at radius 2 is 1.89 bits per heavy atom. The Kier molecular flexibility index (Phi) is 3.78. The molecule has 0 amide bonds. The van der Waals surface area contributed by atoms with Crippen LogP contribution in [0.2, 0.25) is 0 Å². The largest absolute Gasteiger partial charge is 0.769 e. The lowest BCUT2D eigenvalue weighted by Gasteiger charge is -2.38. The second-order valence-corrected chi connectivity index (χ2v) is 3.59. The van der Waals surface area contributed by atoms with Gasteiger partial charge in [-0.2, -0.15) is 0 Å². The molecule has 0 fully saturated rings. The van der Waals surface area contributed by atoms with Gasteiger partial charge in [-0.3, -0.25) is 10.4 Å². The summed E-state index contributed by atoms with van der Waals surface area (Å²) in [6, 6.07) is 8.79. The molecule has 2 aromatic rings. The number of hydrogen-bond acceptors (Lipinski definition) is 8. The number of benzene rings is 1. The van der Waals surface area contributed by atoms with Crippen molar-refractivity contribution < 1.29 is 10.4 Å². The zero-order valence-electron chi connectivity index (χ0n) is 9.59. The third-order valence-corrected chi connectivity index (χ3v) is 2.34. The molecule has 8 nitrogen and oxygen atoms in total. The highest BCUT2D eigenvalue weighted by atomic mass is 16.8. The molecule has 1 aromatic carbocycles. The van der Waals surface area contributed by atoms with E-state index in [1.807, 2.05) is 0 Å². The van der Waals surface area contributed by atoms with Crippen LogP contribution >= 0.6 is 0 Å². The second kappa shape index (κ2) is 5.50. The van der Waals surface area contributed by atoms with Gasteiger partial charge in [0.15, 0.2) is 0 Å². The number of rotatable bonds is 4. The van der Waals surface area contributed by atoms with Crippen LogP contribution in [0.15, 0.2) is 42.6 Å². The van der Waals surface area contributed by atoms with Crippen LogP contribution in [-0.4, -0.2) is 15.4 Å². The van der Waals surface area contributed by atoms with Gasteiger partial charge >= 0.3 is 0 Å². The fraction of sp³-hybridized carbons (Fsp3) is 0. The Labute approximate surface area is 108 Å². The van der Waals surface area contributed by atoms with Crippen molar-refractivity contribution in [2.24, 2.45) is 0 Å². The second-order valence-electron chi connectivity index (χ2n) is 3.59. The lowest BCUT2D eigenvalue weighted by molar-refractivity contribution is 0.0296. The minimum absolute atomic E-state index is 0.153. The molecular formula is C11H10N4O4-2. The van der Waals surface area contributed by atoms with Gasteiger partial charge in [-0.1, -0.05) is 6.07 Å². The average molecular weight is 262 g/mol. The van der Waals surface area contributed by atoms with E-state index in [0.717, 1.165) is 6.07 Å². The first-order valence-corrected chi connectivity index (χ1v) is 5.22. The monoisotopic (exact) mass is 262 g/mol. The van der Waals surface area contributed by atoms with Gasteiger partial charge in [-0.15, -0.1) is 5.23 Å². The van der Waals surface area contributed by atoms with Gasteiger partial charge in [0.1, 0.15) is 11.5 Å². The molecule has 0 atom stereocenters. The van der Waals surface area contributed by atoms with Gasteiger partial charge in [0.05, 0.1) is 5.69 Å². The SMILES string of the molecule is [O-]N([O-])c1ccc(Nc2ccccn2)c(N(O)O)c1. The van der Waals surface area contributed by atoms with Crippen LogP contribution < -0.4 is 15.8 Å². The molecule has 3 N–H and O–H groups in total. The summed E-state index contributed by atoms with van der Waals surface area (Å²) in [5.41, 5.74) is -0.135. The first-order chi connectivity index (χ1) is 9.08. The van der Waals surface area contributed by atoms with Crippen LogP contribution in [0.25, 0.3) is 0 Å². The van der Waals surface area contributed by atoms with Crippen LogP contribution in [0.1, 0.15) is 0 Å². The summed E-state index contributed by atoms with van der Waals surface area (Å²) in [5, 5.41) is 41.5. The molecule has 0 aliphatic rings. The minimum Gasteiger partial charge on any atom is -0.769 e. The van der Waals surface area contributed by atoms with Gasteiger partial charge in [0.25, 0.3) is 0 Å². The summed E-state index contributed by atoms with van der Waals surface area (Å²) in [4.78, 5) is 4.01. The number of aromatic nitrogens is 1. The summed E-state index contributed by atoms with van der Waals surface area (Å²) in [6.07, 6.45) is 1.56. The summed E-state index contributed by atoms with van der Waals surface area (Å²) in [5.74, 6) is 0.472. The highest BCUT2D eigenvalue weighted by Gasteiger charge is 2.09. The third-order valence-electron chi connectivity index (χ3n) is 2.34. The van der Waals surface area contributed by atoms with Crippen molar-refractivity contribution in [2.75, 3.05) is 15.8 Å². The molecule has 100 valence electrons. The molecule has 0 bridgehead atoms. The van der Waals surface area contributed by atoms with E-state index < -0.39 is 5.23 Å². The average Bonchev–Trinajstić information content (AvgIpc) is 2.39. The Morgan fingerprint density at radius 3 is 2.47 bits per heavy atom. The van der Waals surface area contributed by atoms with Crippen LogP contribution in [0, 0.1) is 10.4 Å². The first kappa shape index (κ1) is 13.1. The Morgan fingerprint density at radius 1 is 1.11 bits per heavy atom. The minimum atomic E-state index is -0.627. The summed E-state index contributed by atoms with van der Waals surface area (Å²) < 4.78 is 0. The maximum absolute atomic E-state index is 10.6. The topological polar surface area (TPSA) is 118 Å². The molecule has 19 heavy (non-hydrogen) atoms. The number of nitrogens with zero attached hydrogens (tertiary/aromatic N) is 3. The molecule has 1 heterocycles. The lowest BCUT2D eigenvalue weighted by Crippen LogP contribution is -2.14. The molecule has 0 aliphatic carbocycles. The first-order valence-electron chi connectivity index (χ1n) is 5.22. The van der Waals surface area contributed by atoms with E-state index in [9.17, 15) is 10.4 Å². The molecule has 8 heteroatoms. The van der Waals surface area contributed by atoms with Crippen LogP contribution in [0.5, 0.6) is 0 Å². The quantitative estimate of drug-likeness (QED) is 0.717. The van der Waals surface area contributed by atoms with Gasteiger partial charge < -0.3 is 21.0 Å². The Balaban J connectivity index is 2.34. The van der Waals surface area contributed by atoms with E-state index in [1.165, 1.54) is 12.1 Å². The third kappa shape index (κ3) is 3.09. The van der Waals surface area contributed by atoms with Crippen molar-refractivity contribution >= 4 is 22.9 Å². The normalized spacial score (nSPS) is 10.1. The van der Waals surface area contributed by atoms with Crippen molar-refractivity contribution in [3.8, 4) is 0 Å². The van der Waals surface area contributed by atoms with Gasteiger partial charge in [0.2, 0.25) is 0 Å². The van der Waals surface area contributed by atoms with E-state index >= 15 is 0 Å². The van der Waals surface area contributed by atoms with E-state index in [4.69, 9.17) is 10.4 Å². The smallest absolute Gasteiger partial charge is 0.130 e. The van der Waals surface area contributed by atoms with E-state index in [-0.39, 0.29) is 22.3 Å². The van der Waals surface area contributed by atoms with E-state index in [0.29, 0.717) is 5.82 Å². The highest BCUT2D eigenvalue weighted by Crippen LogP contribution is 2.30. The van der Waals surface area contributed by atoms with Crippen molar-refractivity contribution in [1.29, 1.82) is 0 Å². The van der Waals surface area contributed by atoms with Crippen LogP contribution in [0.3, 0.4) is 0 Å². The zero-order chi connectivity index (χ0) is 13.8. The fourth-order valence-corrected chi connectivity index (χ4v) is 1.48. The highest BCUT2D eigenvalue weighted by molar-refractivity contribution is 5.77. The Bertz CT molecular complexity index is 548. The van der Waals surface area contributed by atoms with E-state index in [2.05, 4.69) is 10.3 Å². The number of hydrogen-bond donors (Lipinski definition) is 3. The van der Waals surface area contributed by atoms with Gasteiger partial charge in [-0.05, 0) is 30.3 Å². The molecule has 0 spiro atoms. The Hall–Kier alpha value is -2.39. The van der Waals surface area contributed by atoms with Crippen molar-refractivity contribution in [1.82, 2.24) is 4.98 Å². The van der Waals surface area contributed by atoms with Crippen LogP contribution in [0.4, 0.5) is 22.9 Å². The summed E-state index contributed by atoms with van der Waals surface area (Å²) >= 11 is 0. The summed E-state index contributed by atoms with van der Waals surface area (Å²) in [7, 11) is 0. The van der Waals surface area contributed by atoms with E-state index in [1.54, 1.807) is 24.4 Å². The maximum atomic E-state index is 10.6. The number of anilines is 4. The molecule has 0 unspecified atom stereocenters. The maximum Gasteiger partial charge on any atom is 0.130 e. The van der Waals surface area contributed by atoms with Crippen LogP contribution in [-0.2, 0) is 0 Å². The standard InChI is InChI=1S/C11H10N4O4/c16-14(17)8-4-5-9(10(7-8)15(18)19)13-11-3-1-2-6-12-11/h1-7,18-19H,(H,12,13)/q-2. The molecule has 0 radical (unpaired) electrons. The number of nitrogens with one attached hydrogen (secondary N) is 1. The molecule has 0 aliphatic heterocycles. The fourth-order valence-electron chi connectivity index (χ4n) is 1.48.